The number of hydrogen-bond donors (Lipinski definition) is 4. The normalized spacial score (nSPS) is 44.1. The number of halogens is 1. The fourth-order valence-electron chi connectivity index (χ4n) is 7.68. The molecule has 1 amide bonds. The van der Waals surface area contributed by atoms with E-state index in [9.17, 15) is 25.2 Å². The second kappa shape index (κ2) is 7.40. The standard InChI is InChI=1S/C27H34ClNO5/c1-13-12-26-14(2)10-19-20(25(19,3)4)17(22(26)31)11-18(23(32)27(26,34)21(13)30)24(33)29(5)16-8-6-15(28)7-9-16/h6-9,11-12,14,17,19-23,30-32,34H,10H2,1-5H3/t14-,17+,19-,20+,21+,22?,23-,26+,27-/m1/s1. The Balaban J connectivity index is 1.67. The number of fused-ring (bicyclic) bond motifs is 3. The highest BCUT2D eigenvalue weighted by atomic mass is 35.5. The first-order valence-electron chi connectivity index (χ1n) is 12.0. The summed E-state index contributed by atoms with van der Waals surface area (Å²) in [4.78, 5) is 15.2. The topological polar surface area (TPSA) is 101 Å². The summed E-state index contributed by atoms with van der Waals surface area (Å²) >= 11 is 6.00. The van der Waals surface area contributed by atoms with E-state index in [0.717, 1.165) is 6.42 Å². The highest BCUT2D eigenvalue weighted by molar-refractivity contribution is 6.30. The maximum Gasteiger partial charge on any atom is 0.256 e. The molecule has 4 aliphatic carbocycles. The Hall–Kier alpha value is -1.70. The van der Waals surface area contributed by atoms with Crippen LogP contribution in [0.15, 0.2) is 47.6 Å². The number of hydrogen-bond acceptors (Lipinski definition) is 5. The average Bonchev–Trinajstić information content (AvgIpc) is 3.29. The van der Waals surface area contributed by atoms with E-state index < -0.39 is 41.2 Å². The molecule has 184 valence electrons. The van der Waals surface area contributed by atoms with Crippen LogP contribution in [0.1, 0.15) is 34.1 Å². The molecule has 2 fully saturated rings. The molecular weight excluding hydrogens is 454 g/mol. The van der Waals surface area contributed by atoms with Crippen molar-refractivity contribution in [1.29, 1.82) is 0 Å². The van der Waals surface area contributed by atoms with Crippen LogP contribution in [-0.4, -0.2) is 57.3 Å². The molecule has 9 atom stereocenters. The van der Waals surface area contributed by atoms with Crippen molar-refractivity contribution in [1.82, 2.24) is 0 Å². The molecule has 4 aliphatic rings. The molecule has 4 N–H and O–H groups in total. The molecule has 2 saturated carbocycles. The molecule has 1 aromatic carbocycles. The van der Waals surface area contributed by atoms with Crippen LogP contribution < -0.4 is 4.90 Å². The predicted molar refractivity (Wildman–Crippen MR) is 130 cm³/mol. The number of benzene rings is 1. The highest BCUT2D eigenvalue weighted by Crippen LogP contribution is 2.72. The van der Waals surface area contributed by atoms with Gasteiger partial charge in [-0.2, -0.15) is 0 Å². The van der Waals surface area contributed by atoms with Gasteiger partial charge >= 0.3 is 0 Å². The number of anilines is 1. The van der Waals surface area contributed by atoms with Gasteiger partial charge in [0.25, 0.3) is 5.91 Å². The first-order valence-corrected chi connectivity index (χ1v) is 12.4. The summed E-state index contributed by atoms with van der Waals surface area (Å²) in [5, 5.41) is 47.5. The molecule has 0 saturated heterocycles. The summed E-state index contributed by atoms with van der Waals surface area (Å²) in [5.41, 5.74) is -2.36. The number of rotatable bonds is 2. The van der Waals surface area contributed by atoms with Gasteiger partial charge in [0.2, 0.25) is 0 Å². The van der Waals surface area contributed by atoms with Gasteiger partial charge in [0.1, 0.15) is 17.8 Å². The van der Waals surface area contributed by atoms with Crippen molar-refractivity contribution in [2.45, 2.75) is 58.0 Å². The van der Waals surface area contributed by atoms with Gasteiger partial charge in [-0.3, -0.25) is 4.79 Å². The van der Waals surface area contributed by atoms with Crippen molar-refractivity contribution >= 4 is 23.2 Å². The Labute approximate surface area is 205 Å². The van der Waals surface area contributed by atoms with Crippen molar-refractivity contribution in [2.24, 2.45) is 34.5 Å². The van der Waals surface area contributed by atoms with E-state index in [4.69, 9.17) is 11.6 Å². The minimum atomic E-state index is -2.13. The summed E-state index contributed by atoms with van der Waals surface area (Å²) in [6.45, 7) is 8.02. The van der Waals surface area contributed by atoms with Crippen LogP contribution in [0.5, 0.6) is 0 Å². The van der Waals surface area contributed by atoms with Crippen LogP contribution >= 0.6 is 11.6 Å². The van der Waals surface area contributed by atoms with Crippen molar-refractivity contribution in [3.63, 3.8) is 0 Å². The lowest BCUT2D eigenvalue weighted by Gasteiger charge is -2.51. The molecule has 0 radical (unpaired) electrons. The molecule has 0 aromatic heterocycles. The summed E-state index contributed by atoms with van der Waals surface area (Å²) in [6, 6.07) is 6.76. The second-order valence-corrected chi connectivity index (χ2v) is 12.0. The minimum absolute atomic E-state index is 0.00331. The van der Waals surface area contributed by atoms with E-state index in [1.807, 2.05) is 6.92 Å². The van der Waals surface area contributed by atoms with E-state index in [1.54, 1.807) is 50.4 Å². The first kappa shape index (κ1) is 24.0. The molecule has 34 heavy (non-hydrogen) atoms. The fraction of sp³-hybridized carbons (Fsp3) is 0.593. The van der Waals surface area contributed by atoms with E-state index in [0.29, 0.717) is 22.2 Å². The lowest BCUT2D eigenvalue weighted by Crippen LogP contribution is -2.66. The molecule has 7 heteroatoms. The van der Waals surface area contributed by atoms with E-state index in [1.165, 1.54) is 4.90 Å². The zero-order valence-corrected chi connectivity index (χ0v) is 21.0. The zero-order valence-electron chi connectivity index (χ0n) is 20.2. The smallest absolute Gasteiger partial charge is 0.256 e. The zero-order chi connectivity index (χ0) is 25.0. The lowest BCUT2D eigenvalue weighted by atomic mass is 9.58. The first-order chi connectivity index (χ1) is 15.8. The maximum atomic E-state index is 13.8. The Kier molecular flexibility index (Phi) is 5.23. The summed E-state index contributed by atoms with van der Waals surface area (Å²) in [6.07, 6.45) is 0.0700. The van der Waals surface area contributed by atoms with Gasteiger partial charge in [-0.25, -0.2) is 0 Å². The molecule has 5 rings (SSSR count). The number of carbonyl (C=O) groups excluding carboxylic acids is 1. The summed E-state index contributed by atoms with van der Waals surface area (Å²) < 4.78 is 0. The summed E-state index contributed by atoms with van der Waals surface area (Å²) in [5.74, 6) is -0.731. The van der Waals surface area contributed by atoms with E-state index in [2.05, 4.69) is 13.8 Å². The maximum absolute atomic E-state index is 13.8. The Bertz CT molecular complexity index is 1100. The monoisotopic (exact) mass is 487 g/mol. The molecule has 6 nitrogen and oxygen atoms in total. The van der Waals surface area contributed by atoms with Crippen molar-refractivity contribution in [3.8, 4) is 0 Å². The van der Waals surface area contributed by atoms with Crippen molar-refractivity contribution in [3.05, 3.63) is 52.6 Å². The number of nitrogens with zero attached hydrogens (tertiary/aromatic N) is 1. The number of amides is 1. The van der Waals surface area contributed by atoms with E-state index in [-0.39, 0.29) is 22.8 Å². The Morgan fingerprint density at radius 1 is 1.12 bits per heavy atom. The molecule has 0 aliphatic heterocycles. The van der Waals surface area contributed by atoms with E-state index >= 15 is 0 Å². The van der Waals surface area contributed by atoms with Crippen LogP contribution in [0.3, 0.4) is 0 Å². The van der Waals surface area contributed by atoms with Crippen LogP contribution in [0.2, 0.25) is 5.02 Å². The third kappa shape index (κ3) is 2.80. The second-order valence-electron chi connectivity index (χ2n) is 11.5. The SMILES string of the molecule is CC1=C[C@]23C(O)[C@@H](C=C(C(=O)N(C)c4ccc(Cl)cc4)[C@@H](O)[C@]2(O)[C@H]1O)[C@H]1[C@@H](C[C@H]3C)C1(C)C. The highest BCUT2D eigenvalue weighted by Gasteiger charge is 2.75. The molecule has 2 bridgehead atoms. The van der Waals surface area contributed by atoms with Crippen LogP contribution in [-0.2, 0) is 4.79 Å². The molecular formula is C27H34ClNO5. The van der Waals surface area contributed by atoms with Gasteiger partial charge in [-0.05, 0) is 66.4 Å². The molecule has 0 heterocycles. The lowest BCUT2D eigenvalue weighted by molar-refractivity contribution is -0.215. The molecule has 1 unspecified atom stereocenters. The van der Waals surface area contributed by atoms with Gasteiger partial charge < -0.3 is 25.3 Å². The minimum Gasteiger partial charge on any atom is -0.391 e. The van der Waals surface area contributed by atoms with Crippen LogP contribution in [0, 0.1) is 34.5 Å². The van der Waals surface area contributed by atoms with Gasteiger partial charge in [-0.15, -0.1) is 0 Å². The molecule has 1 spiro atoms. The number of likely N-dealkylation sites (N-methyl/N-ethyl adjacent to an activating group) is 1. The van der Waals surface area contributed by atoms with Gasteiger partial charge in [0, 0.05) is 29.2 Å². The van der Waals surface area contributed by atoms with Gasteiger partial charge in [-0.1, -0.05) is 44.5 Å². The Morgan fingerprint density at radius 3 is 2.35 bits per heavy atom. The van der Waals surface area contributed by atoms with Crippen LogP contribution in [0.25, 0.3) is 0 Å². The number of aliphatic hydroxyl groups excluding tert-OH is 3. The van der Waals surface area contributed by atoms with Crippen molar-refractivity contribution in [2.75, 3.05) is 11.9 Å². The third-order valence-electron chi connectivity index (χ3n) is 9.69. The van der Waals surface area contributed by atoms with Crippen molar-refractivity contribution < 1.29 is 25.2 Å². The average molecular weight is 488 g/mol. The fourth-order valence-corrected chi connectivity index (χ4v) is 7.80. The predicted octanol–water partition coefficient (Wildman–Crippen LogP) is 2.93. The quantitative estimate of drug-likeness (QED) is 0.480. The molecule has 1 aromatic rings. The number of carbonyl (C=O) groups is 1. The largest absolute Gasteiger partial charge is 0.391 e. The third-order valence-corrected chi connectivity index (χ3v) is 9.94. The van der Waals surface area contributed by atoms with Gasteiger partial charge in [0.05, 0.1) is 11.5 Å². The number of aliphatic hydroxyl groups is 4. The summed E-state index contributed by atoms with van der Waals surface area (Å²) in [7, 11) is 1.60. The van der Waals surface area contributed by atoms with Crippen LogP contribution in [0.4, 0.5) is 5.69 Å². The van der Waals surface area contributed by atoms with Gasteiger partial charge in [0.15, 0.2) is 0 Å². The Morgan fingerprint density at radius 2 is 1.74 bits per heavy atom.